The Labute approximate surface area is 213 Å². The molecule has 37 heavy (non-hydrogen) atoms. The van der Waals surface area contributed by atoms with Crippen molar-refractivity contribution >= 4 is 15.9 Å². The molecule has 4 rings (SSSR count). The number of nitrogens with zero attached hydrogens (tertiary/aromatic N) is 1. The molecule has 196 valence electrons. The zero-order valence-corrected chi connectivity index (χ0v) is 21.0. The maximum Gasteiger partial charge on any atom is 0.387 e. The van der Waals surface area contributed by atoms with Gasteiger partial charge >= 0.3 is 6.61 Å². The minimum absolute atomic E-state index is 0.0740. The highest BCUT2D eigenvalue weighted by molar-refractivity contribution is 7.88. The number of hydrogen-bond donors (Lipinski definition) is 1. The molecule has 0 bridgehead atoms. The fourth-order valence-electron chi connectivity index (χ4n) is 4.27. The zero-order chi connectivity index (χ0) is 26.7. The largest absolute Gasteiger partial charge is 0.480 e. The molecular weight excluding hydrogens is 506 g/mol. The summed E-state index contributed by atoms with van der Waals surface area (Å²) in [6.45, 7) is -2.26. The van der Waals surface area contributed by atoms with E-state index in [4.69, 9.17) is 19.3 Å². The summed E-state index contributed by atoms with van der Waals surface area (Å²) < 4.78 is 65.8. The van der Waals surface area contributed by atoms with E-state index in [0.717, 1.165) is 0 Å². The molecule has 0 saturated carbocycles. The number of fused-ring (bicyclic) bond motifs is 3. The van der Waals surface area contributed by atoms with Crippen LogP contribution in [0.25, 0.3) is 11.1 Å². The van der Waals surface area contributed by atoms with Crippen molar-refractivity contribution in [2.75, 3.05) is 27.3 Å². The van der Waals surface area contributed by atoms with Crippen LogP contribution in [0, 0.1) is 0 Å². The average molecular weight is 533 g/mol. The molecule has 1 aliphatic rings. The van der Waals surface area contributed by atoms with Gasteiger partial charge in [-0.2, -0.15) is 8.78 Å². The molecule has 0 aromatic heterocycles. The van der Waals surface area contributed by atoms with E-state index < -0.39 is 28.5 Å². The first-order valence-corrected chi connectivity index (χ1v) is 13.0. The lowest BCUT2D eigenvalue weighted by Gasteiger charge is -2.31. The highest BCUT2D eigenvalue weighted by atomic mass is 32.2. The van der Waals surface area contributed by atoms with Gasteiger partial charge in [0.2, 0.25) is 10.0 Å². The molecule has 0 fully saturated rings. The number of carbonyl (C=O) groups is 1. The second kappa shape index (κ2) is 10.8. The molecule has 0 saturated heterocycles. The van der Waals surface area contributed by atoms with E-state index in [0.29, 0.717) is 52.3 Å². The SMILES string of the molecule is COCCN(C)C(=O)c1cccc(C2Oc3cccc(OC(F)F)c3-c3ccc(CS(N)(=O)=O)cc32)c1. The predicted molar refractivity (Wildman–Crippen MR) is 133 cm³/mol. The molecule has 0 spiro atoms. The molecule has 1 amide bonds. The van der Waals surface area contributed by atoms with E-state index in [1.807, 2.05) is 0 Å². The third-order valence-electron chi connectivity index (χ3n) is 5.90. The number of amides is 1. The Balaban J connectivity index is 1.82. The third kappa shape index (κ3) is 6.07. The molecule has 1 heterocycles. The molecule has 0 radical (unpaired) electrons. The first-order chi connectivity index (χ1) is 17.6. The van der Waals surface area contributed by atoms with Gasteiger partial charge in [-0.3, -0.25) is 4.79 Å². The van der Waals surface area contributed by atoms with Crippen molar-refractivity contribution in [1.82, 2.24) is 4.90 Å². The van der Waals surface area contributed by atoms with Crippen LogP contribution in [0.4, 0.5) is 8.78 Å². The maximum atomic E-state index is 13.1. The van der Waals surface area contributed by atoms with Gasteiger partial charge in [-0.05, 0) is 41.0 Å². The first kappa shape index (κ1) is 26.5. The number of rotatable bonds is 9. The standard InChI is InChI=1S/C26H26F2N2O6S/c1-30(11-12-34-2)25(31)18-6-3-5-17(14-18)24-20-13-16(15-37(29,32)33)9-10-19(20)23-21(35-24)7-4-8-22(23)36-26(27)28/h3-10,13-14,24,26H,11-12,15H2,1-2H3,(H2,29,32,33). The van der Waals surface area contributed by atoms with Crippen molar-refractivity contribution in [3.63, 3.8) is 0 Å². The van der Waals surface area contributed by atoms with Crippen molar-refractivity contribution in [3.8, 4) is 22.6 Å². The summed E-state index contributed by atoms with van der Waals surface area (Å²) in [7, 11) is -0.611. The number of benzene rings is 3. The molecule has 1 unspecified atom stereocenters. The van der Waals surface area contributed by atoms with Crippen LogP contribution in [-0.2, 0) is 20.5 Å². The van der Waals surface area contributed by atoms with Crippen molar-refractivity contribution in [1.29, 1.82) is 0 Å². The summed E-state index contributed by atoms with van der Waals surface area (Å²) in [5, 5.41) is 5.25. The van der Waals surface area contributed by atoms with Gasteiger partial charge in [-0.1, -0.05) is 36.4 Å². The van der Waals surface area contributed by atoms with Crippen LogP contribution < -0.4 is 14.6 Å². The molecule has 1 atom stereocenters. The van der Waals surface area contributed by atoms with Gasteiger partial charge in [0.15, 0.2) is 0 Å². The van der Waals surface area contributed by atoms with Crippen LogP contribution >= 0.6 is 0 Å². The van der Waals surface area contributed by atoms with Gasteiger partial charge in [-0.15, -0.1) is 0 Å². The number of alkyl halides is 2. The van der Waals surface area contributed by atoms with Gasteiger partial charge in [0.1, 0.15) is 17.6 Å². The van der Waals surface area contributed by atoms with E-state index in [1.54, 1.807) is 68.8 Å². The number of primary sulfonamides is 1. The van der Waals surface area contributed by atoms with E-state index in [2.05, 4.69) is 0 Å². The Morgan fingerprint density at radius 3 is 2.59 bits per heavy atom. The molecule has 8 nitrogen and oxygen atoms in total. The number of hydrogen-bond acceptors (Lipinski definition) is 6. The lowest BCUT2D eigenvalue weighted by molar-refractivity contribution is -0.0496. The Bertz CT molecular complexity index is 1410. The number of ether oxygens (including phenoxy) is 3. The van der Waals surface area contributed by atoms with E-state index in [-0.39, 0.29) is 11.7 Å². The number of sulfonamides is 1. The molecule has 3 aromatic rings. The number of nitrogens with two attached hydrogens (primary N) is 1. The molecular formula is C26H26F2N2O6S. The highest BCUT2D eigenvalue weighted by Gasteiger charge is 2.31. The van der Waals surface area contributed by atoms with Gasteiger partial charge in [0.05, 0.1) is 17.9 Å². The van der Waals surface area contributed by atoms with E-state index in [9.17, 15) is 22.0 Å². The summed E-state index contributed by atoms with van der Waals surface area (Å²) in [5.74, 6) is -0.400. The van der Waals surface area contributed by atoms with Gasteiger partial charge in [0, 0.05) is 31.8 Å². The molecule has 0 aliphatic carbocycles. The normalized spacial score (nSPS) is 14.5. The van der Waals surface area contributed by atoms with E-state index in [1.165, 1.54) is 11.0 Å². The van der Waals surface area contributed by atoms with Crippen molar-refractivity contribution in [3.05, 3.63) is 82.9 Å². The number of methoxy groups -OCH3 is 1. The fraction of sp³-hybridized carbons (Fsp3) is 0.269. The minimum atomic E-state index is -3.83. The lowest BCUT2D eigenvalue weighted by atomic mass is 9.87. The van der Waals surface area contributed by atoms with Crippen LogP contribution in [-0.4, -0.2) is 53.1 Å². The molecule has 3 aromatic carbocycles. The Morgan fingerprint density at radius 2 is 1.89 bits per heavy atom. The summed E-state index contributed by atoms with van der Waals surface area (Å²) >= 11 is 0. The van der Waals surface area contributed by atoms with Crippen LogP contribution in [0.5, 0.6) is 11.5 Å². The predicted octanol–water partition coefficient (Wildman–Crippen LogP) is 3.94. The summed E-state index contributed by atoms with van der Waals surface area (Å²) in [4.78, 5) is 14.5. The monoisotopic (exact) mass is 532 g/mol. The molecule has 11 heteroatoms. The third-order valence-corrected chi connectivity index (χ3v) is 6.63. The van der Waals surface area contributed by atoms with Crippen LogP contribution in [0.3, 0.4) is 0 Å². The summed E-state index contributed by atoms with van der Waals surface area (Å²) in [6.07, 6.45) is -0.762. The van der Waals surface area contributed by atoms with E-state index >= 15 is 0 Å². The maximum absolute atomic E-state index is 13.1. The highest BCUT2D eigenvalue weighted by Crippen LogP contribution is 2.49. The first-order valence-electron chi connectivity index (χ1n) is 11.3. The Morgan fingerprint density at radius 1 is 1.14 bits per heavy atom. The van der Waals surface area contributed by atoms with Crippen molar-refractivity contribution in [2.45, 2.75) is 18.5 Å². The van der Waals surface area contributed by atoms with Gasteiger partial charge in [-0.25, -0.2) is 13.6 Å². The zero-order valence-electron chi connectivity index (χ0n) is 20.2. The Kier molecular flexibility index (Phi) is 7.76. The molecule has 1 aliphatic heterocycles. The molecule has 2 N–H and O–H groups in total. The van der Waals surface area contributed by atoms with Crippen molar-refractivity contribution < 1.29 is 36.2 Å². The fourth-order valence-corrected chi connectivity index (χ4v) is 4.91. The number of halogens is 2. The minimum Gasteiger partial charge on any atom is -0.480 e. The lowest BCUT2D eigenvalue weighted by Crippen LogP contribution is -2.30. The van der Waals surface area contributed by atoms with Crippen LogP contribution in [0.2, 0.25) is 0 Å². The average Bonchev–Trinajstić information content (AvgIpc) is 2.85. The van der Waals surface area contributed by atoms with Gasteiger partial charge < -0.3 is 19.1 Å². The smallest absolute Gasteiger partial charge is 0.387 e. The Hall–Kier alpha value is -3.54. The van der Waals surface area contributed by atoms with Crippen LogP contribution in [0.1, 0.15) is 33.2 Å². The van der Waals surface area contributed by atoms with Gasteiger partial charge in [0.25, 0.3) is 5.91 Å². The quantitative estimate of drug-likeness (QED) is 0.447. The summed E-state index contributed by atoms with van der Waals surface area (Å²) in [6, 6.07) is 16.3. The van der Waals surface area contributed by atoms with Crippen LogP contribution in [0.15, 0.2) is 60.7 Å². The second-order valence-corrected chi connectivity index (χ2v) is 10.2. The topological polar surface area (TPSA) is 108 Å². The summed E-state index contributed by atoms with van der Waals surface area (Å²) in [5.41, 5.74) is 2.82. The number of carbonyl (C=O) groups excluding carboxylic acids is 1. The van der Waals surface area contributed by atoms with Crippen molar-refractivity contribution in [2.24, 2.45) is 5.14 Å². The number of likely N-dealkylation sites (N-methyl/N-ethyl adjacent to an activating group) is 1. The second-order valence-electron chi connectivity index (χ2n) is 8.58.